The van der Waals surface area contributed by atoms with Crippen molar-refractivity contribution in [2.75, 3.05) is 13.1 Å². The fourth-order valence-corrected chi connectivity index (χ4v) is 6.16. The van der Waals surface area contributed by atoms with Gasteiger partial charge in [0, 0.05) is 23.9 Å². The van der Waals surface area contributed by atoms with Crippen molar-refractivity contribution in [2.24, 2.45) is 0 Å². The third-order valence-corrected chi connectivity index (χ3v) is 8.99. The van der Waals surface area contributed by atoms with Crippen molar-refractivity contribution in [2.45, 2.75) is 81.9 Å². The molecule has 1 aromatic rings. The van der Waals surface area contributed by atoms with Gasteiger partial charge in [-0.3, -0.25) is 0 Å². The highest BCUT2D eigenvalue weighted by Crippen LogP contribution is 2.37. The summed E-state index contributed by atoms with van der Waals surface area (Å²) in [5.74, 6) is 0. The normalized spacial score (nSPS) is 24.2. The predicted octanol–water partition coefficient (Wildman–Crippen LogP) is 2.33. The van der Waals surface area contributed by atoms with Gasteiger partial charge in [0.15, 0.2) is 0 Å². The van der Waals surface area contributed by atoms with E-state index >= 15 is 0 Å². The molecule has 0 bridgehead atoms. The Morgan fingerprint density at radius 2 is 1.83 bits per heavy atom. The lowest BCUT2D eigenvalue weighted by molar-refractivity contribution is 0.00578. The van der Waals surface area contributed by atoms with Crippen LogP contribution in [-0.4, -0.2) is 61.9 Å². The average molecular weight is 458 g/mol. The van der Waals surface area contributed by atoms with E-state index in [1.807, 2.05) is 27.7 Å². The zero-order valence-electron chi connectivity index (χ0n) is 18.6. The topological polar surface area (TPSA) is 94.2 Å². The van der Waals surface area contributed by atoms with Crippen LogP contribution in [0.3, 0.4) is 0 Å². The number of rotatable bonds is 4. The zero-order valence-corrected chi connectivity index (χ0v) is 20.3. The SMILES string of the molecule is CC(C)(C)OC(=O)NC1CCN(S(=O)(=O)c2ccc(B3OC(C)(C)C(C)(C)O3)s2)C1. The van der Waals surface area contributed by atoms with Gasteiger partial charge in [-0.05, 0) is 61.0 Å². The summed E-state index contributed by atoms with van der Waals surface area (Å²) in [6.07, 6.45) is -0.000541. The third-order valence-electron chi connectivity index (χ3n) is 5.55. The van der Waals surface area contributed by atoms with Crippen LogP contribution in [0.1, 0.15) is 54.9 Å². The maximum absolute atomic E-state index is 13.1. The van der Waals surface area contributed by atoms with Crippen LogP contribution in [0.25, 0.3) is 0 Å². The summed E-state index contributed by atoms with van der Waals surface area (Å²) in [5.41, 5.74) is -1.58. The number of nitrogens with one attached hydrogen (secondary N) is 1. The molecule has 0 aromatic carbocycles. The fourth-order valence-electron chi connectivity index (χ4n) is 3.22. The number of alkyl carbamates (subject to hydrolysis) is 1. The number of carbonyl (C=O) groups is 1. The van der Waals surface area contributed by atoms with Crippen molar-refractivity contribution >= 4 is 39.3 Å². The van der Waals surface area contributed by atoms with Gasteiger partial charge in [0.25, 0.3) is 10.0 Å². The van der Waals surface area contributed by atoms with Gasteiger partial charge in [-0.15, -0.1) is 11.3 Å². The Hall–Kier alpha value is -1.14. The Balaban J connectivity index is 1.66. The lowest BCUT2D eigenvalue weighted by Crippen LogP contribution is -2.41. The van der Waals surface area contributed by atoms with Gasteiger partial charge in [-0.1, -0.05) is 6.07 Å². The van der Waals surface area contributed by atoms with E-state index in [4.69, 9.17) is 14.0 Å². The lowest BCUT2D eigenvalue weighted by Gasteiger charge is -2.32. The standard InChI is InChI=1S/C19H31BN2O6S2/c1-17(2,3)26-16(23)21-13-10-11-22(12-13)30(24,25)15-9-8-14(29-15)20-27-18(4,5)19(6,7)28-20/h8-9,13H,10-12H2,1-7H3,(H,21,23). The summed E-state index contributed by atoms with van der Waals surface area (Å²) in [5, 5.41) is 2.75. The first-order chi connectivity index (χ1) is 13.6. The molecule has 8 nitrogen and oxygen atoms in total. The number of amides is 1. The summed E-state index contributed by atoms with van der Waals surface area (Å²) in [4.78, 5) is 12.0. The molecule has 0 radical (unpaired) electrons. The Labute approximate surface area is 183 Å². The van der Waals surface area contributed by atoms with Crippen LogP contribution in [0, 0.1) is 0 Å². The van der Waals surface area contributed by atoms with Gasteiger partial charge < -0.3 is 19.4 Å². The first-order valence-corrected chi connectivity index (χ1v) is 12.3. The Bertz CT molecular complexity index is 890. The molecular formula is C19H31BN2O6S2. The van der Waals surface area contributed by atoms with E-state index in [2.05, 4.69) is 5.32 Å². The van der Waals surface area contributed by atoms with Crippen LogP contribution in [-0.2, 0) is 24.1 Å². The van der Waals surface area contributed by atoms with Crippen molar-refractivity contribution in [3.63, 3.8) is 0 Å². The number of carbonyl (C=O) groups excluding carboxylic acids is 1. The van der Waals surface area contributed by atoms with Crippen LogP contribution < -0.4 is 10.1 Å². The highest BCUT2D eigenvalue weighted by atomic mass is 32.2. The predicted molar refractivity (Wildman–Crippen MR) is 117 cm³/mol. The van der Waals surface area contributed by atoms with Crippen LogP contribution in [0.15, 0.2) is 16.3 Å². The second-order valence-corrected chi connectivity index (χ2v) is 13.0. The van der Waals surface area contributed by atoms with Crippen LogP contribution in [0.4, 0.5) is 4.79 Å². The molecule has 0 saturated carbocycles. The van der Waals surface area contributed by atoms with Gasteiger partial charge in [-0.25, -0.2) is 13.2 Å². The third kappa shape index (κ3) is 4.85. The van der Waals surface area contributed by atoms with Crippen molar-refractivity contribution in [1.29, 1.82) is 0 Å². The molecule has 2 aliphatic rings. The second-order valence-electron chi connectivity index (χ2n) is 9.74. The highest BCUT2D eigenvalue weighted by molar-refractivity contribution is 7.91. The highest BCUT2D eigenvalue weighted by Gasteiger charge is 2.52. The first kappa shape index (κ1) is 23.5. The van der Waals surface area contributed by atoms with Crippen molar-refractivity contribution in [1.82, 2.24) is 9.62 Å². The Morgan fingerprint density at radius 3 is 2.40 bits per heavy atom. The van der Waals surface area contributed by atoms with E-state index in [0.29, 0.717) is 13.0 Å². The van der Waals surface area contributed by atoms with Crippen molar-refractivity contribution in [3.05, 3.63) is 12.1 Å². The summed E-state index contributed by atoms with van der Waals surface area (Å²) in [6.45, 7) is 13.7. The van der Waals surface area contributed by atoms with Gasteiger partial charge in [0.2, 0.25) is 0 Å². The molecule has 0 aliphatic carbocycles. The minimum absolute atomic E-state index is 0.214. The van der Waals surface area contributed by atoms with Crippen LogP contribution in [0.2, 0.25) is 0 Å². The number of sulfonamides is 1. The molecule has 1 atom stereocenters. The van der Waals surface area contributed by atoms with Gasteiger partial charge in [0.1, 0.15) is 9.81 Å². The minimum atomic E-state index is -3.66. The van der Waals surface area contributed by atoms with E-state index in [-0.39, 0.29) is 16.8 Å². The van der Waals surface area contributed by atoms with E-state index in [1.165, 1.54) is 4.31 Å². The molecule has 3 heterocycles. The van der Waals surface area contributed by atoms with Gasteiger partial charge >= 0.3 is 13.2 Å². The molecule has 1 unspecified atom stereocenters. The van der Waals surface area contributed by atoms with Gasteiger partial charge in [0.05, 0.1) is 11.2 Å². The van der Waals surface area contributed by atoms with E-state index in [9.17, 15) is 13.2 Å². The maximum Gasteiger partial charge on any atom is 0.505 e. The molecule has 3 rings (SSSR count). The molecule has 30 heavy (non-hydrogen) atoms. The molecule has 1 N–H and O–H groups in total. The molecular weight excluding hydrogens is 427 g/mol. The summed E-state index contributed by atoms with van der Waals surface area (Å²) >= 11 is 1.16. The second kappa shape index (κ2) is 7.77. The summed E-state index contributed by atoms with van der Waals surface area (Å²) in [7, 11) is -4.25. The summed E-state index contributed by atoms with van der Waals surface area (Å²) in [6, 6.07) is 3.05. The zero-order chi connectivity index (χ0) is 22.5. The number of ether oxygens (including phenoxy) is 1. The van der Waals surface area contributed by atoms with Crippen molar-refractivity contribution in [3.8, 4) is 0 Å². The molecule has 2 aliphatic heterocycles. The number of nitrogens with zero attached hydrogens (tertiary/aromatic N) is 1. The lowest BCUT2D eigenvalue weighted by atomic mass is 9.88. The average Bonchev–Trinajstić information content (AvgIpc) is 3.24. The van der Waals surface area contributed by atoms with E-state index < -0.39 is 40.0 Å². The Kier molecular flexibility index (Phi) is 6.10. The van der Waals surface area contributed by atoms with Gasteiger partial charge in [-0.2, -0.15) is 4.31 Å². The Morgan fingerprint density at radius 1 is 1.23 bits per heavy atom. The quantitative estimate of drug-likeness (QED) is 0.697. The molecule has 2 saturated heterocycles. The molecule has 168 valence electrons. The maximum atomic E-state index is 13.1. The van der Waals surface area contributed by atoms with E-state index in [0.717, 1.165) is 16.1 Å². The molecule has 1 amide bonds. The largest absolute Gasteiger partial charge is 0.505 e. The van der Waals surface area contributed by atoms with E-state index in [1.54, 1.807) is 32.9 Å². The molecule has 1 aromatic heterocycles. The number of hydrogen-bond acceptors (Lipinski definition) is 7. The first-order valence-electron chi connectivity index (χ1n) is 10.1. The fraction of sp³-hybridized carbons (Fsp3) is 0.737. The number of hydrogen-bond donors (Lipinski definition) is 1. The molecule has 0 spiro atoms. The van der Waals surface area contributed by atoms with Crippen LogP contribution >= 0.6 is 11.3 Å². The monoisotopic (exact) mass is 458 g/mol. The molecule has 11 heteroatoms. The summed E-state index contributed by atoms with van der Waals surface area (Å²) < 4.78 is 45.8. The number of thiophene rings is 1. The minimum Gasteiger partial charge on any atom is -0.444 e. The van der Waals surface area contributed by atoms with Crippen molar-refractivity contribution < 1.29 is 27.3 Å². The molecule has 2 fully saturated rings. The smallest absolute Gasteiger partial charge is 0.444 e. The van der Waals surface area contributed by atoms with Crippen LogP contribution in [0.5, 0.6) is 0 Å².